The van der Waals surface area contributed by atoms with Crippen molar-refractivity contribution in [2.24, 2.45) is 0 Å². The third kappa shape index (κ3) is 2.45. The van der Waals surface area contributed by atoms with Gasteiger partial charge >= 0.3 is 0 Å². The Kier molecular flexibility index (Phi) is 3.67. The lowest BCUT2D eigenvalue weighted by Crippen LogP contribution is -2.32. The first-order valence-corrected chi connectivity index (χ1v) is 7.63. The Labute approximate surface area is 118 Å². The maximum absolute atomic E-state index is 5.40. The van der Waals surface area contributed by atoms with E-state index in [1.54, 1.807) is 6.26 Å². The van der Waals surface area contributed by atoms with Gasteiger partial charge in [0.25, 0.3) is 0 Å². The van der Waals surface area contributed by atoms with E-state index in [0.29, 0.717) is 11.3 Å². The van der Waals surface area contributed by atoms with Crippen molar-refractivity contribution in [3.8, 4) is 0 Å². The summed E-state index contributed by atoms with van der Waals surface area (Å²) >= 11 is 1.94. The van der Waals surface area contributed by atoms with Crippen molar-refractivity contribution in [2.45, 2.75) is 36.0 Å². The van der Waals surface area contributed by atoms with Gasteiger partial charge in [0.1, 0.15) is 5.76 Å². The highest BCUT2D eigenvalue weighted by molar-refractivity contribution is 8.00. The van der Waals surface area contributed by atoms with E-state index in [2.05, 4.69) is 42.7 Å². The second-order valence-corrected chi connectivity index (χ2v) is 6.28. The summed E-state index contributed by atoms with van der Waals surface area (Å²) in [5.74, 6) is 1.03. The van der Waals surface area contributed by atoms with Gasteiger partial charge in [-0.3, -0.25) is 0 Å². The molecule has 1 aromatic carbocycles. The van der Waals surface area contributed by atoms with Crippen molar-refractivity contribution >= 4 is 11.8 Å². The van der Waals surface area contributed by atoms with Crippen LogP contribution in [0.1, 0.15) is 29.3 Å². The molecular formula is C16H19NOS. The first-order valence-electron chi connectivity index (χ1n) is 6.75. The topological polar surface area (TPSA) is 25.2 Å². The number of rotatable bonds is 3. The number of aryl methyl sites for hydroxylation is 2. The van der Waals surface area contributed by atoms with Crippen LogP contribution in [0.15, 0.2) is 45.9 Å². The maximum atomic E-state index is 5.40. The smallest absolute Gasteiger partial charge is 0.114 e. The summed E-state index contributed by atoms with van der Waals surface area (Å²) in [7, 11) is 2.06. The van der Waals surface area contributed by atoms with Crippen LogP contribution in [0.5, 0.6) is 0 Å². The molecule has 2 aromatic rings. The van der Waals surface area contributed by atoms with Crippen LogP contribution in [0.25, 0.3) is 0 Å². The molecule has 0 amide bonds. The number of nitrogens with one attached hydrogen (secondary N) is 1. The molecule has 100 valence electrons. The third-order valence-electron chi connectivity index (χ3n) is 3.86. The van der Waals surface area contributed by atoms with Crippen molar-refractivity contribution in [1.82, 2.24) is 5.32 Å². The average molecular weight is 273 g/mol. The summed E-state index contributed by atoms with van der Waals surface area (Å²) in [6, 6.07) is 11.3. The van der Waals surface area contributed by atoms with E-state index in [0.717, 1.165) is 5.76 Å². The Hall–Kier alpha value is -1.19. The molecule has 1 heterocycles. The molecule has 1 aliphatic rings. The first kappa shape index (κ1) is 12.8. The van der Waals surface area contributed by atoms with Crippen LogP contribution in [0, 0.1) is 6.92 Å². The minimum Gasteiger partial charge on any atom is -0.468 e. The molecule has 3 rings (SSSR count). The number of hydrogen-bond acceptors (Lipinski definition) is 3. The molecule has 0 radical (unpaired) electrons. The molecular weight excluding hydrogens is 254 g/mol. The molecule has 3 heteroatoms. The molecule has 2 nitrogen and oxygen atoms in total. The SMILES string of the molecule is CNC1c2ccccc2CCC1Sc1ccoc1C. The Morgan fingerprint density at radius 1 is 1.26 bits per heavy atom. The zero-order valence-electron chi connectivity index (χ0n) is 11.3. The number of thioether (sulfide) groups is 1. The Balaban J connectivity index is 1.86. The van der Waals surface area contributed by atoms with E-state index in [4.69, 9.17) is 4.42 Å². The van der Waals surface area contributed by atoms with Crippen LogP contribution in [0.2, 0.25) is 0 Å². The normalized spacial score (nSPS) is 22.2. The highest BCUT2D eigenvalue weighted by Gasteiger charge is 2.29. The lowest BCUT2D eigenvalue weighted by molar-refractivity contribution is 0.508. The van der Waals surface area contributed by atoms with Crippen LogP contribution in [0.4, 0.5) is 0 Å². The van der Waals surface area contributed by atoms with E-state index < -0.39 is 0 Å². The van der Waals surface area contributed by atoms with Gasteiger partial charge in [-0.2, -0.15) is 0 Å². The van der Waals surface area contributed by atoms with Crippen LogP contribution in [-0.2, 0) is 6.42 Å². The van der Waals surface area contributed by atoms with Gasteiger partial charge < -0.3 is 9.73 Å². The third-order valence-corrected chi connectivity index (χ3v) is 5.35. The molecule has 0 bridgehead atoms. The molecule has 2 unspecified atom stereocenters. The standard InChI is InChI=1S/C16H19NOS/c1-11-14(9-10-18-11)19-15-8-7-12-5-3-4-6-13(12)16(15)17-2/h3-6,9-10,15-17H,7-8H2,1-2H3. The Morgan fingerprint density at radius 2 is 2.11 bits per heavy atom. The lowest BCUT2D eigenvalue weighted by atomic mass is 9.87. The number of fused-ring (bicyclic) bond motifs is 1. The minimum atomic E-state index is 0.421. The van der Waals surface area contributed by atoms with Gasteiger partial charge in [-0.15, -0.1) is 11.8 Å². The number of benzene rings is 1. The second kappa shape index (κ2) is 5.43. The van der Waals surface area contributed by atoms with Crippen molar-refractivity contribution in [3.05, 3.63) is 53.5 Å². The molecule has 1 aliphatic carbocycles. The summed E-state index contributed by atoms with van der Waals surface area (Å²) in [6.45, 7) is 2.04. The van der Waals surface area contributed by atoms with E-state index in [1.165, 1.54) is 28.9 Å². The summed E-state index contributed by atoms with van der Waals surface area (Å²) in [5, 5.41) is 4.06. The summed E-state index contributed by atoms with van der Waals surface area (Å²) < 4.78 is 5.40. The molecule has 1 N–H and O–H groups in total. The molecule has 1 aromatic heterocycles. The molecule has 0 fully saturated rings. The van der Waals surface area contributed by atoms with E-state index in [1.807, 2.05) is 18.7 Å². The van der Waals surface area contributed by atoms with E-state index in [-0.39, 0.29) is 0 Å². The number of hydrogen-bond donors (Lipinski definition) is 1. The maximum Gasteiger partial charge on any atom is 0.114 e. The molecule has 19 heavy (non-hydrogen) atoms. The Bertz CT molecular complexity index is 563. The molecule has 0 aliphatic heterocycles. The quantitative estimate of drug-likeness (QED) is 0.916. The van der Waals surface area contributed by atoms with Crippen molar-refractivity contribution < 1.29 is 4.42 Å². The molecule has 0 saturated carbocycles. The lowest BCUT2D eigenvalue weighted by Gasteiger charge is -2.33. The minimum absolute atomic E-state index is 0.421. The van der Waals surface area contributed by atoms with Gasteiger partial charge in [-0.1, -0.05) is 24.3 Å². The summed E-state index contributed by atoms with van der Waals surface area (Å²) in [4.78, 5) is 1.27. The van der Waals surface area contributed by atoms with Crippen LogP contribution in [-0.4, -0.2) is 12.3 Å². The highest BCUT2D eigenvalue weighted by atomic mass is 32.2. The van der Waals surface area contributed by atoms with Gasteiger partial charge in [0, 0.05) is 16.2 Å². The van der Waals surface area contributed by atoms with Crippen LogP contribution in [0.3, 0.4) is 0 Å². The predicted octanol–water partition coefficient (Wildman–Crippen LogP) is 3.96. The molecule has 2 atom stereocenters. The van der Waals surface area contributed by atoms with Crippen LogP contribution < -0.4 is 5.32 Å². The fourth-order valence-corrected chi connectivity index (χ4v) is 4.19. The van der Waals surface area contributed by atoms with Gasteiger partial charge in [0.15, 0.2) is 0 Å². The van der Waals surface area contributed by atoms with Crippen molar-refractivity contribution in [2.75, 3.05) is 7.05 Å². The van der Waals surface area contributed by atoms with Crippen molar-refractivity contribution in [1.29, 1.82) is 0 Å². The van der Waals surface area contributed by atoms with Gasteiger partial charge in [0.05, 0.1) is 6.26 Å². The van der Waals surface area contributed by atoms with Gasteiger partial charge in [-0.25, -0.2) is 0 Å². The summed E-state index contributed by atoms with van der Waals surface area (Å²) in [5.41, 5.74) is 2.94. The van der Waals surface area contributed by atoms with Gasteiger partial charge in [-0.05, 0) is 44.0 Å². The summed E-state index contributed by atoms with van der Waals surface area (Å²) in [6.07, 6.45) is 4.16. The zero-order chi connectivity index (χ0) is 13.2. The van der Waals surface area contributed by atoms with Crippen molar-refractivity contribution in [3.63, 3.8) is 0 Å². The monoisotopic (exact) mass is 273 g/mol. The molecule has 0 spiro atoms. The second-order valence-electron chi connectivity index (χ2n) is 5.00. The molecule has 0 saturated heterocycles. The largest absolute Gasteiger partial charge is 0.468 e. The fourth-order valence-electron chi connectivity index (χ4n) is 2.86. The predicted molar refractivity (Wildman–Crippen MR) is 79.7 cm³/mol. The van der Waals surface area contributed by atoms with E-state index in [9.17, 15) is 0 Å². The van der Waals surface area contributed by atoms with Gasteiger partial charge in [0.2, 0.25) is 0 Å². The first-order chi connectivity index (χ1) is 9.29. The zero-order valence-corrected chi connectivity index (χ0v) is 12.2. The fraction of sp³-hybridized carbons (Fsp3) is 0.375. The number of furan rings is 1. The Morgan fingerprint density at radius 3 is 2.84 bits per heavy atom. The average Bonchev–Trinajstić information content (AvgIpc) is 2.84. The highest BCUT2D eigenvalue weighted by Crippen LogP contribution is 2.40. The van der Waals surface area contributed by atoms with E-state index >= 15 is 0 Å². The van der Waals surface area contributed by atoms with Crippen LogP contribution >= 0.6 is 11.8 Å².